The molecule has 23 heavy (non-hydrogen) atoms. The highest BCUT2D eigenvalue weighted by Gasteiger charge is 2.26. The van der Waals surface area contributed by atoms with E-state index in [1.807, 2.05) is 26.1 Å². The van der Waals surface area contributed by atoms with Crippen molar-refractivity contribution < 1.29 is 0 Å². The van der Waals surface area contributed by atoms with E-state index in [-0.39, 0.29) is 11.6 Å². The minimum absolute atomic E-state index is 0.0413. The van der Waals surface area contributed by atoms with Gasteiger partial charge in [-0.25, -0.2) is 4.98 Å². The van der Waals surface area contributed by atoms with E-state index in [1.54, 1.807) is 10.5 Å². The molecule has 5 nitrogen and oxygen atoms in total. The molecule has 1 unspecified atom stereocenters. The summed E-state index contributed by atoms with van der Waals surface area (Å²) in [6, 6.07) is 3.51. The molecule has 0 spiro atoms. The van der Waals surface area contributed by atoms with E-state index in [1.165, 1.54) is 0 Å². The van der Waals surface area contributed by atoms with Gasteiger partial charge in [0.1, 0.15) is 11.5 Å². The first-order valence-corrected chi connectivity index (χ1v) is 8.31. The first-order chi connectivity index (χ1) is 10.8. The highest BCUT2D eigenvalue weighted by Crippen LogP contribution is 2.31. The van der Waals surface area contributed by atoms with Gasteiger partial charge in [-0.05, 0) is 43.7 Å². The van der Waals surface area contributed by atoms with Gasteiger partial charge in [0, 0.05) is 37.0 Å². The zero-order chi connectivity index (χ0) is 16.8. The van der Waals surface area contributed by atoms with Crippen LogP contribution in [0.1, 0.15) is 50.8 Å². The standard InChI is InChI=1S/C18H26N4O/c1-12-9-14(13(2)19)17-20-15(10-16(23)22(17)11-12)21-7-5-18(3,4)6-8-21/h9-11,13H,5-8,19H2,1-4H3. The van der Waals surface area contributed by atoms with Crippen molar-refractivity contribution in [1.82, 2.24) is 9.38 Å². The van der Waals surface area contributed by atoms with Crippen LogP contribution in [0.4, 0.5) is 5.82 Å². The molecule has 2 aromatic rings. The van der Waals surface area contributed by atoms with Crippen molar-refractivity contribution >= 4 is 11.5 Å². The van der Waals surface area contributed by atoms with Crippen LogP contribution in [-0.4, -0.2) is 22.5 Å². The van der Waals surface area contributed by atoms with Gasteiger partial charge in [-0.15, -0.1) is 0 Å². The number of aromatic nitrogens is 2. The summed E-state index contributed by atoms with van der Waals surface area (Å²) in [5, 5.41) is 0. The molecule has 1 atom stereocenters. The molecule has 1 fully saturated rings. The van der Waals surface area contributed by atoms with E-state index >= 15 is 0 Å². The Hall–Kier alpha value is -1.88. The van der Waals surface area contributed by atoms with Gasteiger partial charge in [0.05, 0.1) is 0 Å². The number of hydrogen-bond donors (Lipinski definition) is 1. The zero-order valence-electron chi connectivity index (χ0n) is 14.5. The number of rotatable bonds is 2. The van der Waals surface area contributed by atoms with Crippen molar-refractivity contribution in [3.63, 3.8) is 0 Å². The van der Waals surface area contributed by atoms with Gasteiger partial charge >= 0.3 is 0 Å². The Balaban J connectivity index is 2.09. The van der Waals surface area contributed by atoms with Crippen molar-refractivity contribution in [2.24, 2.45) is 11.1 Å². The van der Waals surface area contributed by atoms with Crippen LogP contribution in [0.15, 0.2) is 23.1 Å². The average Bonchev–Trinajstić information content (AvgIpc) is 2.47. The van der Waals surface area contributed by atoms with Crippen LogP contribution in [-0.2, 0) is 0 Å². The van der Waals surface area contributed by atoms with Gasteiger partial charge in [-0.1, -0.05) is 13.8 Å². The van der Waals surface area contributed by atoms with Crippen molar-refractivity contribution in [3.8, 4) is 0 Å². The normalized spacial score (nSPS) is 19.1. The lowest BCUT2D eigenvalue weighted by Crippen LogP contribution is -2.38. The Labute approximate surface area is 137 Å². The molecule has 3 heterocycles. The second-order valence-corrected chi connectivity index (χ2v) is 7.56. The monoisotopic (exact) mass is 314 g/mol. The van der Waals surface area contributed by atoms with E-state index in [0.717, 1.165) is 42.9 Å². The van der Waals surface area contributed by atoms with Gasteiger partial charge < -0.3 is 10.6 Å². The molecule has 0 saturated carbocycles. The third-order valence-electron chi connectivity index (χ3n) is 4.84. The van der Waals surface area contributed by atoms with Crippen molar-refractivity contribution in [2.45, 2.75) is 46.6 Å². The second kappa shape index (κ2) is 5.64. The maximum absolute atomic E-state index is 12.6. The fraction of sp³-hybridized carbons (Fsp3) is 0.556. The number of hydrogen-bond acceptors (Lipinski definition) is 4. The van der Waals surface area contributed by atoms with E-state index < -0.39 is 0 Å². The number of aryl methyl sites for hydroxylation is 1. The molecule has 0 amide bonds. The van der Waals surface area contributed by atoms with Gasteiger partial charge in [-0.3, -0.25) is 9.20 Å². The zero-order valence-corrected chi connectivity index (χ0v) is 14.5. The number of nitrogens with two attached hydrogens (primary N) is 1. The predicted molar refractivity (Wildman–Crippen MR) is 94.0 cm³/mol. The topological polar surface area (TPSA) is 63.6 Å². The first kappa shape index (κ1) is 16.0. The summed E-state index contributed by atoms with van der Waals surface area (Å²) in [7, 11) is 0. The number of fused-ring (bicyclic) bond motifs is 1. The van der Waals surface area contributed by atoms with Gasteiger partial charge in [0.25, 0.3) is 5.56 Å². The summed E-state index contributed by atoms with van der Waals surface area (Å²) in [5.74, 6) is 0.774. The van der Waals surface area contributed by atoms with Crippen LogP contribution in [0.2, 0.25) is 0 Å². The maximum Gasteiger partial charge on any atom is 0.259 e. The van der Waals surface area contributed by atoms with Crippen molar-refractivity contribution in [1.29, 1.82) is 0 Å². The highest BCUT2D eigenvalue weighted by atomic mass is 16.1. The number of piperidine rings is 1. The van der Waals surface area contributed by atoms with Crippen molar-refractivity contribution in [3.05, 3.63) is 39.8 Å². The lowest BCUT2D eigenvalue weighted by Gasteiger charge is -2.37. The molecule has 0 radical (unpaired) electrons. The van der Waals surface area contributed by atoms with Gasteiger partial charge in [-0.2, -0.15) is 0 Å². The molecule has 0 aliphatic carbocycles. The largest absolute Gasteiger partial charge is 0.356 e. The lowest BCUT2D eigenvalue weighted by molar-refractivity contribution is 0.279. The van der Waals surface area contributed by atoms with E-state index in [4.69, 9.17) is 10.7 Å². The second-order valence-electron chi connectivity index (χ2n) is 7.56. The summed E-state index contributed by atoms with van der Waals surface area (Å²) in [4.78, 5) is 19.6. The van der Waals surface area contributed by atoms with Crippen LogP contribution in [0, 0.1) is 12.3 Å². The Morgan fingerprint density at radius 2 is 1.91 bits per heavy atom. The Morgan fingerprint density at radius 3 is 2.52 bits per heavy atom. The van der Waals surface area contributed by atoms with E-state index in [2.05, 4.69) is 18.7 Å². The van der Waals surface area contributed by atoms with E-state index in [0.29, 0.717) is 11.1 Å². The summed E-state index contributed by atoms with van der Waals surface area (Å²) < 4.78 is 1.62. The molecule has 1 saturated heterocycles. The highest BCUT2D eigenvalue weighted by molar-refractivity contribution is 5.55. The predicted octanol–water partition coefficient (Wildman–Crippen LogP) is 2.65. The molecular formula is C18H26N4O. The first-order valence-electron chi connectivity index (χ1n) is 8.31. The van der Waals surface area contributed by atoms with Gasteiger partial charge in [0.2, 0.25) is 0 Å². The van der Waals surface area contributed by atoms with Crippen LogP contribution >= 0.6 is 0 Å². The molecule has 3 rings (SSSR count). The molecule has 1 aliphatic heterocycles. The minimum atomic E-state index is -0.160. The quantitative estimate of drug-likeness (QED) is 0.925. The molecule has 2 N–H and O–H groups in total. The van der Waals surface area contributed by atoms with Gasteiger partial charge in [0.15, 0.2) is 0 Å². The molecule has 0 bridgehead atoms. The Bertz CT molecular complexity index is 781. The molecule has 1 aliphatic rings. The van der Waals surface area contributed by atoms with Crippen LogP contribution < -0.4 is 16.2 Å². The summed E-state index contributed by atoms with van der Waals surface area (Å²) in [5.41, 5.74) is 9.04. The molecule has 124 valence electrons. The Morgan fingerprint density at radius 1 is 1.26 bits per heavy atom. The molecular weight excluding hydrogens is 288 g/mol. The van der Waals surface area contributed by atoms with Crippen LogP contribution in [0.25, 0.3) is 5.65 Å². The SMILES string of the molecule is Cc1cc(C(C)N)c2nc(N3CCC(C)(C)CC3)cc(=O)n2c1. The van der Waals surface area contributed by atoms with Crippen LogP contribution in [0.3, 0.4) is 0 Å². The lowest BCUT2D eigenvalue weighted by atomic mass is 9.83. The number of nitrogens with zero attached hydrogens (tertiary/aromatic N) is 3. The molecule has 5 heteroatoms. The van der Waals surface area contributed by atoms with Crippen LogP contribution in [0.5, 0.6) is 0 Å². The third kappa shape index (κ3) is 3.11. The molecule has 0 aromatic carbocycles. The molecule has 2 aromatic heterocycles. The summed E-state index contributed by atoms with van der Waals surface area (Å²) in [6.07, 6.45) is 4.06. The minimum Gasteiger partial charge on any atom is -0.356 e. The summed E-state index contributed by atoms with van der Waals surface area (Å²) >= 11 is 0. The maximum atomic E-state index is 12.6. The number of anilines is 1. The van der Waals surface area contributed by atoms with Crippen molar-refractivity contribution in [2.75, 3.05) is 18.0 Å². The average molecular weight is 314 g/mol. The number of pyridine rings is 1. The smallest absolute Gasteiger partial charge is 0.259 e. The van der Waals surface area contributed by atoms with E-state index in [9.17, 15) is 4.79 Å². The fourth-order valence-electron chi connectivity index (χ4n) is 3.20. The summed E-state index contributed by atoms with van der Waals surface area (Å²) in [6.45, 7) is 10.4. The fourth-order valence-corrected chi connectivity index (χ4v) is 3.20. The third-order valence-corrected chi connectivity index (χ3v) is 4.84. The Kier molecular flexibility index (Phi) is 3.92.